The molecule has 1 unspecified atom stereocenters. The molecule has 0 bridgehead atoms. The van der Waals surface area contributed by atoms with Gasteiger partial charge in [-0.25, -0.2) is 9.78 Å². The number of hydrogen-bond acceptors (Lipinski definition) is 10. The summed E-state index contributed by atoms with van der Waals surface area (Å²) in [5.41, 5.74) is -1.86. The van der Waals surface area contributed by atoms with Gasteiger partial charge in [0, 0.05) is 53.6 Å². The number of halogens is 3. The van der Waals surface area contributed by atoms with Crippen LogP contribution < -0.4 is 20.4 Å². The maximum absolute atomic E-state index is 13.3. The van der Waals surface area contributed by atoms with E-state index in [1.807, 2.05) is 4.90 Å². The summed E-state index contributed by atoms with van der Waals surface area (Å²) in [5, 5.41) is 23.4. The average Bonchev–Trinajstić information content (AvgIpc) is 3.32. The number of urea groups is 1. The molecule has 2 aromatic rings. The van der Waals surface area contributed by atoms with Crippen LogP contribution in [0, 0.1) is 11.3 Å². The molecule has 0 spiro atoms. The standard InChI is InChI=1S/C19H20F3N3OS.C19H28N6O4.2H2/c1-18(2)16(26)24(17(27)25(18)13-6-4-3-5-7-13)14-9-8-12(11-23)15(10-14)19(20,21)22;1-13-10-23(7-8-26)11-14(2)25(13)12-18(28)21-16-4-3-15(9-20-16)24-6-5-17(27)22-19(24)29;;/h8-10,13H,3-7H2,1-2H3;3-4,9,13-14,26H,5-8,10-12H2,1-2H3,(H,20,21,28)(H,22,27,29);2*1H/t;13-,14?;;/m.1../s1. The van der Waals surface area contributed by atoms with E-state index in [9.17, 15) is 32.3 Å². The van der Waals surface area contributed by atoms with Crippen LogP contribution in [0.4, 0.5) is 35.2 Å². The van der Waals surface area contributed by atoms with E-state index in [0.29, 0.717) is 24.6 Å². The number of carbonyl (C=O) groups is 4. The molecule has 4 aliphatic rings. The van der Waals surface area contributed by atoms with E-state index >= 15 is 0 Å². The van der Waals surface area contributed by atoms with Crippen LogP contribution in [0.1, 0.15) is 80.2 Å². The van der Waals surface area contributed by atoms with Gasteiger partial charge >= 0.3 is 12.2 Å². The Hall–Kier alpha value is -4.70. The Morgan fingerprint density at radius 2 is 1.75 bits per heavy atom. The fraction of sp³-hybridized carbons (Fsp3) is 0.553. The zero-order valence-corrected chi connectivity index (χ0v) is 32.8. The maximum Gasteiger partial charge on any atom is 0.417 e. The van der Waals surface area contributed by atoms with Gasteiger partial charge in [-0.2, -0.15) is 18.4 Å². The highest BCUT2D eigenvalue weighted by Gasteiger charge is 2.52. The number of aromatic nitrogens is 1. The van der Waals surface area contributed by atoms with Crippen molar-refractivity contribution in [1.29, 1.82) is 5.26 Å². The van der Waals surface area contributed by atoms with Crippen LogP contribution in [0.2, 0.25) is 0 Å². The Labute approximate surface area is 332 Å². The van der Waals surface area contributed by atoms with Gasteiger partial charge in [-0.05, 0) is 83.1 Å². The Balaban J connectivity index is 0.000000301. The number of piperazine rings is 1. The van der Waals surface area contributed by atoms with Crippen molar-refractivity contribution in [3.05, 3.63) is 47.7 Å². The van der Waals surface area contributed by atoms with Crippen LogP contribution in [0.5, 0.6) is 0 Å². The van der Waals surface area contributed by atoms with E-state index in [1.54, 1.807) is 32.0 Å². The van der Waals surface area contributed by atoms with E-state index in [4.69, 9.17) is 22.6 Å². The number of nitrogens with zero attached hydrogens (tertiary/aromatic N) is 7. The lowest BCUT2D eigenvalue weighted by Crippen LogP contribution is -2.58. The number of nitriles is 1. The molecular weight excluding hydrogens is 752 g/mol. The van der Waals surface area contributed by atoms with E-state index in [2.05, 4.69) is 39.3 Å². The molecule has 56 heavy (non-hydrogen) atoms. The zero-order chi connectivity index (χ0) is 40.9. The monoisotopic (exact) mass is 803 g/mol. The molecular formula is C38H52F3N9O5S. The quantitative estimate of drug-likeness (QED) is 0.309. The van der Waals surface area contributed by atoms with Crippen LogP contribution in [0.3, 0.4) is 0 Å². The van der Waals surface area contributed by atoms with Crippen LogP contribution in [0.15, 0.2) is 36.5 Å². The zero-order valence-electron chi connectivity index (χ0n) is 31.9. The highest BCUT2D eigenvalue weighted by molar-refractivity contribution is 7.80. The number of carbonyl (C=O) groups excluding carboxylic acids is 4. The summed E-state index contributed by atoms with van der Waals surface area (Å²) < 4.78 is 40.0. The first-order valence-corrected chi connectivity index (χ1v) is 19.1. The summed E-state index contributed by atoms with van der Waals surface area (Å²) in [6.45, 7) is 10.6. The van der Waals surface area contributed by atoms with Gasteiger partial charge in [0.05, 0.1) is 47.9 Å². The fourth-order valence-corrected chi connectivity index (χ4v) is 8.44. The average molecular weight is 804 g/mol. The van der Waals surface area contributed by atoms with E-state index < -0.39 is 28.9 Å². The lowest BCUT2D eigenvalue weighted by atomic mass is 9.91. The van der Waals surface area contributed by atoms with Crippen molar-refractivity contribution in [2.75, 3.05) is 54.4 Å². The summed E-state index contributed by atoms with van der Waals surface area (Å²) in [7, 11) is 0. The molecule has 14 nitrogen and oxygen atoms in total. The highest BCUT2D eigenvalue weighted by Crippen LogP contribution is 2.40. The first-order chi connectivity index (χ1) is 26.5. The minimum Gasteiger partial charge on any atom is -0.395 e. The van der Waals surface area contributed by atoms with Crippen LogP contribution in [0.25, 0.3) is 0 Å². The number of pyridine rings is 1. The number of alkyl halides is 3. The third kappa shape index (κ3) is 9.45. The lowest BCUT2D eigenvalue weighted by Gasteiger charge is -2.43. The van der Waals surface area contributed by atoms with Crippen molar-refractivity contribution in [2.45, 2.75) is 96.1 Å². The molecule has 4 fully saturated rings. The number of imide groups is 1. The summed E-state index contributed by atoms with van der Waals surface area (Å²) >= 11 is 5.53. The minimum absolute atomic E-state index is 0. The van der Waals surface area contributed by atoms with E-state index in [-0.39, 0.29) is 69.1 Å². The predicted molar refractivity (Wildman–Crippen MR) is 211 cm³/mol. The number of β-amino-alcohol motifs (C(OH)–C–C–N with tert-alkyl or cyclic N) is 1. The van der Waals surface area contributed by atoms with E-state index in [0.717, 1.165) is 57.3 Å². The molecule has 1 aliphatic carbocycles. The van der Waals surface area contributed by atoms with Gasteiger partial charge in [-0.15, -0.1) is 0 Å². The minimum atomic E-state index is -4.69. The Bertz CT molecular complexity index is 1850. The van der Waals surface area contributed by atoms with Gasteiger partial charge < -0.3 is 15.3 Å². The summed E-state index contributed by atoms with van der Waals surface area (Å²) in [5.74, 6) is -0.382. The molecule has 2 atom stereocenters. The first kappa shape index (κ1) is 42.4. The number of nitrogens with one attached hydrogen (secondary N) is 2. The molecule has 3 aliphatic heterocycles. The second-order valence-corrected chi connectivity index (χ2v) is 15.4. The number of aliphatic hydroxyl groups excluding tert-OH is 1. The van der Waals surface area contributed by atoms with Crippen LogP contribution in [-0.2, 0) is 20.6 Å². The van der Waals surface area contributed by atoms with Gasteiger partial charge in [0.25, 0.3) is 5.91 Å². The summed E-state index contributed by atoms with van der Waals surface area (Å²) in [4.78, 5) is 61.8. The number of thiocarbonyl (C=S) groups is 1. The molecule has 306 valence electrons. The van der Waals surface area contributed by atoms with Crippen LogP contribution >= 0.6 is 12.2 Å². The van der Waals surface area contributed by atoms with Crippen LogP contribution in [-0.4, -0.2) is 117 Å². The number of hydrogen-bond donors (Lipinski definition) is 3. The first-order valence-electron chi connectivity index (χ1n) is 18.7. The SMILES string of the molecule is CC1(C)C(=O)N(c2ccc(C#N)c(C(F)(F)F)c2)C(=S)N1C1CCCCC1.CC1CN(CCO)C[C@@H](C)N1CC(=O)Nc1ccc(N2CCC(=O)NC2=O)cn1.[HH].[HH]. The second-order valence-electron chi connectivity index (χ2n) is 15.0. The molecule has 6 rings (SSSR count). The molecule has 0 radical (unpaired) electrons. The Kier molecular flexibility index (Phi) is 13.4. The molecule has 1 aromatic carbocycles. The van der Waals surface area contributed by atoms with Gasteiger partial charge in [-0.3, -0.25) is 39.3 Å². The summed E-state index contributed by atoms with van der Waals surface area (Å²) in [6.07, 6.45) is 2.10. The van der Waals surface area contributed by atoms with Crippen molar-refractivity contribution >= 4 is 58.3 Å². The van der Waals surface area contributed by atoms with Crippen molar-refractivity contribution < 1.29 is 40.3 Å². The number of aliphatic hydroxyl groups is 1. The molecule has 3 N–H and O–H groups in total. The van der Waals surface area contributed by atoms with Crippen molar-refractivity contribution in [3.8, 4) is 6.07 Å². The van der Waals surface area contributed by atoms with Crippen molar-refractivity contribution in [2.24, 2.45) is 0 Å². The lowest BCUT2D eigenvalue weighted by molar-refractivity contribution is -0.137. The molecule has 3 saturated heterocycles. The fourth-order valence-electron chi connectivity index (χ4n) is 7.87. The van der Waals surface area contributed by atoms with Gasteiger partial charge in [-0.1, -0.05) is 19.3 Å². The van der Waals surface area contributed by atoms with Gasteiger partial charge in [0.1, 0.15) is 11.4 Å². The Morgan fingerprint density at radius 3 is 2.32 bits per heavy atom. The predicted octanol–water partition coefficient (Wildman–Crippen LogP) is 4.97. The molecule has 18 heteroatoms. The van der Waals surface area contributed by atoms with E-state index in [1.165, 1.54) is 22.1 Å². The molecule has 1 aromatic heterocycles. The summed E-state index contributed by atoms with van der Waals surface area (Å²) in [6, 6.07) is 8.19. The highest BCUT2D eigenvalue weighted by atomic mass is 32.1. The molecule has 5 amide bonds. The number of amides is 5. The Morgan fingerprint density at radius 1 is 1.09 bits per heavy atom. The third-order valence-corrected chi connectivity index (χ3v) is 11.0. The third-order valence-electron chi connectivity index (χ3n) is 10.7. The maximum atomic E-state index is 13.3. The van der Waals surface area contributed by atoms with Gasteiger partial charge in [0.15, 0.2) is 5.11 Å². The van der Waals surface area contributed by atoms with Gasteiger partial charge in [0.2, 0.25) is 11.8 Å². The van der Waals surface area contributed by atoms with Crippen molar-refractivity contribution in [3.63, 3.8) is 0 Å². The topological polar surface area (TPSA) is 165 Å². The second kappa shape index (κ2) is 17.6. The molecule has 1 saturated carbocycles. The number of benzene rings is 1. The number of rotatable bonds is 8. The number of anilines is 3. The van der Waals surface area contributed by atoms with Crippen molar-refractivity contribution in [1.82, 2.24) is 25.0 Å². The smallest absolute Gasteiger partial charge is 0.395 e. The largest absolute Gasteiger partial charge is 0.417 e. The molecule has 4 heterocycles. The normalized spacial score (nSPS) is 22.4.